The number of halogens is 2. The molecule has 0 saturated carbocycles. The van der Waals surface area contributed by atoms with Crippen molar-refractivity contribution < 1.29 is 23.0 Å². The third kappa shape index (κ3) is 6.14. The van der Waals surface area contributed by atoms with E-state index in [1.807, 2.05) is 0 Å². The van der Waals surface area contributed by atoms with E-state index in [9.17, 15) is 13.6 Å². The number of rotatable bonds is 4. The van der Waals surface area contributed by atoms with E-state index in [1.165, 1.54) is 24.3 Å². The minimum atomic E-state index is -2.87. The Balaban J connectivity index is 2.40. The molecule has 20 heavy (non-hydrogen) atoms. The van der Waals surface area contributed by atoms with Gasteiger partial charge in [0.05, 0.1) is 6.61 Å². The summed E-state index contributed by atoms with van der Waals surface area (Å²) >= 11 is 4.90. The largest absolute Gasteiger partial charge is 0.449 e. The van der Waals surface area contributed by atoms with Crippen LogP contribution in [0.15, 0.2) is 24.3 Å². The monoisotopic (exact) mass is 305 g/mol. The summed E-state index contributed by atoms with van der Waals surface area (Å²) in [6, 6.07) is 5.71. The molecule has 0 unspecified atom stereocenters. The average Bonchev–Trinajstić information content (AvgIpc) is 2.38. The Morgan fingerprint density at radius 3 is 2.50 bits per heavy atom. The van der Waals surface area contributed by atoms with E-state index in [4.69, 9.17) is 12.2 Å². The van der Waals surface area contributed by atoms with Gasteiger partial charge in [0.1, 0.15) is 5.75 Å². The molecule has 0 radical (unpaired) electrons. The molecule has 0 saturated heterocycles. The zero-order valence-corrected chi connectivity index (χ0v) is 11.3. The smallest absolute Gasteiger partial charge is 0.425 e. The second-order valence-corrected chi connectivity index (χ2v) is 3.74. The maximum Gasteiger partial charge on any atom is 0.425 e. The van der Waals surface area contributed by atoms with E-state index in [1.54, 1.807) is 6.92 Å². The number of nitrogens with one attached hydrogen (secondary N) is 3. The SMILES string of the molecule is CCOC(=O)NNC(=S)Nc1ccc(OC(F)F)cc1. The van der Waals surface area contributed by atoms with Crippen LogP contribution in [0.1, 0.15) is 6.92 Å². The summed E-state index contributed by atoms with van der Waals surface area (Å²) in [4.78, 5) is 11.0. The maximum absolute atomic E-state index is 11.9. The van der Waals surface area contributed by atoms with Crippen molar-refractivity contribution in [2.75, 3.05) is 11.9 Å². The highest BCUT2D eigenvalue weighted by Crippen LogP contribution is 2.17. The van der Waals surface area contributed by atoms with Crippen molar-refractivity contribution in [1.29, 1.82) is 0 Å². The molecule has 0 heterocycles. The molecule has 0 aliphatic carbocycles. The van der Waals surface area contributed by atoms with Gasteiger partial charge in [0, 0.05) is 5.69 Å². The van der Waals surface area contributed by atoms with Crippen molar-refractivity contribution in [3.05, 3.63) is 24.3 Å². The third-order valence-corrected chi connectivity index (χ3v) is 2.10. The number of hydrogen-bond acceptors (Lipinski definition) is 4. The summed E-state index contributed by atoms with van der Waals surface area (Å²) in [6.07, 6.45) is -0.669. The molecule has 110 valence electrons. The van der Waals surface area contributed by atoms with Crippen LogP contribution in [0.2, 0.25) is 0 Å². The van der Waals surface area contributed by atoms with Gasteiger partial charge in [-0.15, -0.1) is 0 Å². The number of hydrogen-bond donors (Lipinski definition) is 3. The minimum absolute atomic E-state index is 0.0362. The van der Waals surface area contributed by atoms with Gasteiger partial charge in [0.25, 0.3) is 0 Å². The van der Waals surface area contributed by atoms with Gasteiger partial charge in [-0.3, -0.25) is 5.43 Å². The lowest BCUT2D eigenvalue weighted by Gasteiger charge is -2.11. The maximum atomic E-state index is 11.9. The van der Waals surface area contributed by atoms with Gasteiger partial charge in [-0.1, -0.05) is 0 Å². The highest BCUT2D eigenvalue weighted by Gasteiger charge is 2.05. The first kappa shape index (κ1) is 15.9. The molecule has 0 fully saturated rings. The Morgan fingerprint density at radius 2 is 1.95 bits per heavy atom. The second kappa shape index (κ2) is 8.10. The van der Waals surface area contributed by atoms with E-state index in [2.05, 4.69) is 25.6 Å². The molecule has 0 bridgehead atoms. The van der Waals surface area contributed by atoms with E-state index in [-0.39, 0.29) is 17.5 Å². The summed E-state index contributed by atoms with van der Waals surface area (Å²) in [7, 11) is 0. The zero-order valence-electron chi connectivity index (χ0n) is 10.5. The van der Waals surface area contributed by atoms with Gasteiger partial charge in [-0.05, 0) is 43.4 Å². The van der Waals surface area contributed by atoms with Gasteiger partial charge in [0.15, 0.2) is 5.11 Å². The first-order chi connectivity index (χ1) is 9.51. The van der Waals surface area contributed by atoms with Gasteiger partial charge in [-0.25, -0.2) is 10.2 Å². The summed E-state index contributed by atoms with van der Waals surface area (Å²) < 4.78 is 32.7. The van der Waals surface area contributed by atoms with Crippen LogP contribution in [-0.4, -0.2) is 24.4 Å². The van der Waals surface area contributed by atoms with Crippen LogP contribution >= 0.6 is 12.2 Å². The molecule has 0 spiro atoms. The molecule has 9 heteroatoms. The molecule has 1 aromatic carbocycles. The van der Waals surface area contributed by atoms with Crippen LogP contribution in [0.3, 0.4) is 0 Å². The standard InChI is InChI=1S/C11H13F2N3O3S/c1-2-18-11(17)16-15-10(20)14-7-3-5-8(6-4-7)19-9(12)13/h3-6,9H,2H2,1H3,(H,16,17)(H2,14,15,20). The molecular formula is C11H13F2N3O3S. The summed E-state index contributed by atoms with van der Waals surface area (Å²) in [5.74, 6) is 0.0362. The highest BCUT2D eigenvalue weighted by molar-refractivity contribution is 7.80. The fraction of sp³-hybridized carbons (Fsp3) is 0.273. The lowest BCUT2D eigenvalue weighted by molar-refractivity contribution is -0.0498. The van der Waals surface area contributed by atoms with Crippen LogP contribution in [0, 0.1) is 0 Å². The van der Waals surface area contributed by atoms with Crippen molar-refractivity contribution in [3.8, 4) is 5.75 Å². The second-order valence-electron chi connectivity index (χ2n) is 3.33. The minimum Gasteiger partial charge on any atom is -0.449 e. The number of carbonyl (C=O) groups excluding carboxylic acids is 1. The quantitative estimate of drug-likeness (QED) is 0.585. The Kier molecular flexibility index (Phi) is 6.44. The molecule has 1 amide bonds. The predicted octanol–water partition coefficient (Wildman–Crippen LogP) is 2.24. The topological polar surface area (TPSA) is 71.6 Å². The zero-order chi connectivity index (χ0) is 15.0. The number of alkyl halides is 2. The van der Waals surface area contributed by atoms with Gasteiger partial charge < -0.3 is 14.8 Å². The lowest BCUT2D eigenvalue weighted by Crippen LogP contribution is -2.43. The fourth-order valence-corrected chi connectivity index (χ4v) is 1.33. The molecule has 0 aromatic heterocycles. The fourth-order valence-electron chi connectivity index (χ4n) is 1.16. The summed E-state index contributed by atoms with van der Waals surface area (Å²) in [5, 5.41) is 2.84. The molecule has 6 nitrogen and oxygen atoms in total. The van der Waals surface area contributed by atoms with Gasteiger partial charge >= 0.3 is 12.7 Å². The van der Waals surface area contributed by atoms with Crippen LogP contribution in [0.4, 0.5) is 19.3 Å². The number of anilines is 1. The average molecular weight is 305 g/mol. The van der Waals surface area contributed by atoms with Crippen molar-refractivity contribution in [3.63, 3.8) is 0 Å². The van der Waals surface area contributed by atoms with Gasteiger partial charge in [-0.2, -0.15) is 8.78 Å². The van der Waals surface area contributed by atoms with Crippen LogP contribution < -0.4 is 20.9 Å². The molecule has 3 N–H and O–H groups in total. The molecule has 1 aromatic rings. The predicted molar refractivity (Wildman–Crippen MR) is 72.6 cm³/mol. The summed E-state index contributed by atoms with van der Waals surface area (Å²) in [5.41, 5.74) is 5.15. The molecule has 1 rings (SSSR count). The molecule has 0 aliphatic rings. The number of benzene rings is 1. The third-order valence-electron chi connectivity index (χ3n) is 1.89. The van der Waals surface area contributed by atoms with Crippen molar-refractivity contribution >= 4 is 29.1 Å². The van der Waals surface area contributed by atoms with E-state index >= 15 is 0 Å². The normalized spacial score (nSPS) is 9.80. The molecular weight excluding hydrogens is 292 g/mol. The molecule has 0 atom stereocenters. The van der Waals surface area contributed by atoms with Gasteiger partial charge in [0.2, 0.25) is 0 Å². The lowest BCUT2D eigenvalue weighted by atomic mass is 10.3. The highest BCUT2D eigenvalue weighted by atomic mass is 32.1. The number of thiocarbonyl (C=S) groups is 1. The number of hydrazine groups is 1. The Morgan fingerprint density at radius 1 is 1.30 bits per heavy atom. The van der Waals surface area contributed by atoms with Crippen LogP contribution in [0.5, 0.6) is 5.75 Å². The molecule has 0 aliphatic heterocycles. The van der Waals surface area contributed by atoms with E-state index < -0.39 is 12.7 Å². The van der Waals surface area contributed by atoms with Crippen LogP contribution in [-0.2, 0) is 4.74 Å². The van der Waals surface area contributed by atoms with Crippen molar-refractivity contribution in [1.82, 2.24) is 10.9 Å². The van der Waals surface area contributed by atoms with E-state index in [0.29, 0.717) is 5.69 Å². The Labute approximate surface area is 119 Å². The Hall–Kier alpha value is -2.16. The first-order valence-electron chi connectivity index (χ1n) is 5.56. The van der Waals surface area contributed by atoms with Crippen molar-refractivity contribution in [2.24, 2.45) is 0 Å². The summed E-state index contributed by atoms with van der Waals surface area (Å²) in [6.45, 7) is -0.969. The number of amides is 1. The number of ether oxygens (including phenoxy) is 2. The van der Waals surface area contributed by atoms with E-state index in [0.717, 1.165) is 0 Å². The Bertz CT molecular complexity index is 457. The number of carbonyl (C=O) groups is 1. The van der Waals surface area contributed by atoms with Crippen molar-refractivity contribution in [2.45, 2.75) is 13.5 Å². The van der Waals surface area contributed by atoms with Crippen LogP contribution in [0.25, 0.3) is 0 Å². The first-order valence-corrected chi connectivity index (χ1v) is 5.96.